The molecule has 13 heteroatoms. The summed E-state index contributed by atoms with van der Waals surface area (Å²) in [5.41, 5.74) is 2.98. The van der Waals surface area contributed by atoms with Crippen molar-refractivity contribution in [3.05, 3.63) is 110 Å². The number of carboxylic acid groups (broad SMARTS) is 1. The quantitative estimate of drug-likeness (QED) is 0.131. The van der Waals surface area contributed by atoms with E-state index in [4.69, 9.17) is 21.1 Å². The molecule has 1 aliphatic rings. The Hall–Kier alpha value is -4.77. The van der Waals surface area contributed by atoms with E-state index in [1.54, 1.807) is 35.2 Å². The van der Waals surface area contributed by atoms with E-state index < -0.39 is 18.1 Å². The summed E-state index contributed by atoms with van der Waals surface area (Å²) in [5.74, 6) is -0.546. The summed E-state index contributed by atoms with van der Waals surface area (Å²) < 4.78 is 14.1. The van der Waals surface area contributed by atoms with Gasteiger partial charge in [-0.3, -0.25) is 19.9 Å². The third-order valence-corrected chi connectivity index (χ3v) is 9.45. The molecule has 2 aromatic heterocycles. The molecule has 0 spiro atoms. The highest BCUT2D eigenvalue weighted by Crippen LogP contribution is 2.35. The number of likely N-dealkylation sites (tertiary alicyclic amines) is 1. The molecule has 4 aromatic rings. The van der Waals surface area contributed by atoms with Gasteiger partial charge >= 0.3 is 5.97 Å². The molecule has 5 rings (SSSR count). The predicted octanol–water partition coefficient (Wildman–Crippen LogP) is 4.28. The van der Waals surface area contributed by atoms with Crippen LogP contribution in [-0.4, -0.2) is 73.6 Å². The lowest BCUT2D eigenvalue weighted by molar-refractivity contribution is -0.145. The second-order valence-corrected chi connectivity index (χ2v) is 13.3. The van der Waals surface area contributed by atoms with Gasteiger partial charge in [0.15, 0.2) is 0 Å². The average molecular weight is 716 g/mol. The Labute approximate surface area is 301 Å². The van der Waals surface area contributed by atoms with Gasteiger partial charge < -0.3 is 34.3 Å². The highest BCUT2D eigenvalue weighted by atomic mass is 35.5. The number of aromatic nitrogens is 2. The standard InChI is InChI=1S/C38H42ClN5O7/c1-25-28(6-3-7-31(25)32-8-4-11-44(36(32)47)12-5-10-43-13-9-30(46)21-43)23-51-35-16-34(50-22-27-14-26(17-40)18-41-19-27)29(15-33(35)39)20-42-38(2,24-45)37(48)49/h3-4,6-8,11,14-16,18-19,30,42,45-46H,5,9-10,12-13,20-24H2,1-2H3,(H,48,49). The van der Waals surface area contributed by atoms with Crippen LogP contribution in [0, 0.1) is 18.3 Å². The molecule has 1 fully saturated rings. The fourth-order valence-electron chi connectivity index (χ4n) is 5.92. The first-order valence-electron chi connectivity index (χ1n) is 16.7. The number of carboxylic acids is 1. The van der Waals surface area contributed by atoms with E-state index in [2.05, 4.69) is 21.3 Å². The van der Waals surface area contributed by atoms with Crippen molar-refractivity contribution in [2.24, 2.45) is 0 Å². The number of hydrogen-bond donors (Lipinski definition) is 4. The monoisotopic (exact) mass is 715 g/mol. The lowest BCUT2D eigenvalue weighted by Gasteiger charge is -2.25. The van der Waals surface area contributed by atoms with Gasteiger partial charge in [0, 0.05) is 67.5 Å². The van der Waals surface area contributed by atoms with E-state index >= 15 is 0 Å². The van der Waals surface area contributed by atoms with Crippen molar-refractivity contribution in [1.29, 1.82) is 5.26 Å². The lowest BCUT2D eigenvalue weighted by Crippen LogP contribution is -2.52. The molecular weight excluding hydrogens is 674 g/mol. The van der Waals surface area contributed by atoms with Crippen LogP contribution in [0.25, 0.3) is 11.1 Å². The third kappa shape index (κ3) is 9.32. The number of aliphatic carboxylic acids is 1. The van der Waals surface area contributed by atoms with E-state index in [0.29, 0.717) is 46.8 Å². The number of benzene rings is 2. The number of hydrogen-bond acceptors (Lipinski definition) is 10. The second-order valence-electron chi connectivity index (χ2n) is 12.9. The van der Waals surface area contributed by atoms with Gasteiger partial charge in [-0.2, -0.15) is 5.26 Å². The molecule has 2 aromatic carbocycles. The van der Waals surface area contributed by atoms with Crippen LogP contribution in [0.1, 0.15) is 47.6 Å². The molecule has 0 saturated carbocycles. The molecule has 4 N–H and O–H groups in total. The molecule has 2 unspecified atom stereocenters. The van der Waals surface area contributed by atoms with E-state index in [9.17, 15) is 30.2 Å². The molecule has 0 bridgehead atoms. The zero-order valence-corrected chi connectivity index (χ0v) is 29.4. The van der Waals surface area contributed by atoms with Crippen molar-refractivity contribution in [2.45, 2.75) is 64.6 Å². The number of ether oxygens (including phenoxy) is 2. The minimum Gasteiger partial charge on any atom is -0.488 e. The zero-order valence-electron chi connectivity index (χ0n) is 28.6. The van der Waals surface area contributed by atoms with E-state index in [-0.39, 0.29) is 36.4 Å². The topological polar surface area (TPSA) is 170 Å². The fourth-order valence-corrected chi connectivity index (χ4v) is 6.16. The van der Waals surface area contributed by atoms with Crippen molar-refractivity contribution >= 4 is 17.6 Å². The number of nitriles is 1. The van der Waals surface area contributed by atoms with Gasteiger partial charge in [-0.25, -0.2) is 0 Å². The smallest absolute Gasteiger partial charge is 0.326 e. The second kappa shape index (κ2) is 17.0. The van der Waals surface area contributed by atoms with E-state index in [1.165, 1.54) is 13.1 Å². The Balaban J connectivity index is 1.34. The number of halogens is 1. The largest absolute Gasteiger partial charge is 0.488 e. The van der Waals surface area contributed by atoms with Gasteiger partial charge in [0.25, 0.3) is 5.56 Å². The number of aliphatic hydroxyl groups excluding tert-OH is 2. The predicted molar refractivity (Wildman–Crippen MR) is 192 cm³/mol. The molecule has 0 aliphatic carbocycles. The number of nitrogens with zero attached hydrogens (tertiary/aromatic N) is 4. The van der Waals surface area contributed by atoms with Gasteiger partial charge in [-0.05, 0) is 74.2 Å². The highest BCUT2D eigenvalue weighted by Gasteiger charge is 2.32. The summed E-state index contributed by atoms with van der Waals surface area (Å²) in [5, 5.41) is 41.5. The maximum atomic E-state index is 13.6. The number of β-amino-alcohol motifs (C(OH)–C–C–N with tert-alkyl or cyclic N) is 1. The van der Waals surface area contributed by atoms with Crippen molar-refractivity contribution in [3.63, 3.8) is 0 Å². The molecular formula is C38H42ClN5O7. The lowest BCUT2D eigenvalue weighted by atomic mass is 9.97. The van der Waals surface area contributed by atoms with Crippen LogP contribution >= 0.6 is 11.6 Å². The Bertz CT molecular complexity index is 1960. The van der Waals surface area contributed by atoms with Crippen molar-refractivity contribution in [3.8, 4) is 28.7 Å². The fraction of sp³-hybridized carbons (Fsp3) is 0.368. The number of aliphatic hydroxyl groups is 2. The molecule has 51 heavy (non-hydrogen) atoms. The minimum atomic E-state index is -1.60. The van der Waals surface area contributed by atoms with Crippen LogP contribution in [0.2, 0.25) is 5.02 Å². The van der Waals surface area contributed by atoms with Gasteiger partial charge in [0.1, 0.15) is 36.3 Å². The molecule has 1 aliphatic heterocycles. The Morgan fingerprint density at radius 3 is 2.61 bits per heavy atom. The maximum Gasteiger partial charge on any atom is 0.326 e. The molecule has 2 atom stereocenters. The SMILES string of the molecule is Cc1c(COc2cc(OCc3cncc(C#N)c3)c(CNC(C)(CO)C(=O)O)cc2Cl)cccc1-c1cccn(CCCN2CCC(O)C2)c1=O. The van der Waals surface area contributed by atoms with Crippen LogP contribution in [0.15, 0.2) is 71.9 Å². The van der Waals surface area contributed by atoms with E-state index in [0.717, 1.165) is 42.6 Å². The van der Waals surface area contributed by atoms with Gasteiger partial charge in [0.05, 0.1) is 23.3 Å². The van der Waals surface area contributed by atoms with Gasteiger partial charge in [0.2, 0.25) is 0 Å². The molecule has 0 amide bonds. The molecule has 0 radical (unpaired) electrons. The Kier molecular flexibility index (Phi) is 12.5. The normalized spacial score (nSPS) is 15.6. The minimum absolute atomic E-state index is 0.00627. The summed E-state index contributed by atoms with van der Waals surface area (Å²) >= 11 is 6.69. The number of pyridine rings is 2. The Morgan fingerprint density at radius 1 is 1.10 bits per heavy atom. The van der Waals surface area contributed by atoms with Gasteiger partial charge in [-0.15, -0.1) is 0 Å². The summed E-state index contributed by atoms with van der Waals surface area (Å²) in [6.45, 7) is 5.82. The van der Waals surface area contributed by atoms with Crippen LogP contribution in [0.4, 0.5) is 0 Å². The average Bonchev–Trinajstić information content (AvgIpc) is 3.55. The van der Waals surface area contributed by atoms with E-state index in [1.807, 2.05) is 37.3 Å². The van der Waals surface area contributed by atoms with Gasteiger partial charge in [-0.1, -0.05) is 29.8 Å². The third-order valence-electron chi connectivity index (χ3n) is 9.15. The molecule has 268 valence electrons. The van der Waals surface area contributed by atoms with Crippen LogP contribution in [0.5, 0.6) is 11.5 Å². The zero-order chi connectivity index (χ0) is 36.5. The number of aryl methyl sites for hydroxylation is 1. The molecule has 1 saturated heterocycles. The van der Waals surface area contributed by atoms with Crippen molar-refractivity contribution in [1.82, 2.24) is 19.8 Å². The highest BCUT2D eigenvalue weighted by molar-refractivity contribution is 6.32. The van der Waals surface area contributed by atoms with Crippen LogP contribution in [0.3, 0.4) is 0 Å². The number of nitrogens with one attached hydrogen (secondary N) is 1. The first-order valence-corrected chi connectivity index (χ1v) is 17.1. The summed E-state index contributed by atoms with van der Waals surface area (Å²) in [7, 11) is 0. The van der Waals surface area contributed by atoms with Crippen LogP contribution in [-0.2, 0) is 31.1 Å². The van der Waals surface area contributed by atoms with Crippen molar-refractivity contribution < 1.29 is 29.6 Å². The summed E-state index contributed by atoms with van der Waals surface area (Å²) in [4.78, 5) is 31.6. The number of rotatable bonds is 16. The maximum absolute atomic E-state index is 13.6. The summed E-state index contributed by atoms with van der Waals surface area (Å²) in [6.07, 6.45) is 6.15. The first kappa shape index (κ1) is 37.5. The number of carbonyl (C=O) groups is 1. The van der Waals surface area contributed by atoms with Crippen molar-refractivity contribution in [2.75, 3.05) is 26.2 Å². The Morgan fingerprint density at radius 2 is 1.88 bits per heavy atom. The first-order chi connectivity index (χ1) is 24.5. The van der Waals surface area contributed by atoms with Crippen LogP contribution < -0.4 is 20.3 Å². The summed E-state index contributed by atoms with van der Waals surface area (Å²) in [6, 6.07) is 16.4. The molecule has 12 nitrogen and oxygen atoms in total. The molecule has 3 heterocycles.